The van der Waals surface area contributed by atoms with E-state index in [9.17, 15) is 18.7 Å². The molecule has 20 heavy (non-hydrogen) atoms. The number of aromatic carboxylic acids is 1. The van der Waals surface area contributed by atoms with Gasteiger partial charge in [-0.15, -0.1) is 0 Å². The van der Waals surface area contributed by atoms with Crippen molar-refractivity contribution >= 4 is 5.97 Å². The van der Waals surface area contributed by atoms with E-state index in [0.29, 0.717) is 16.7 Å². The molecule has 2 nitrogen and oxygen atoms in total. The van der Waals surface area contributed by atoms with Crippen LogP contribution in [0.2, 0.25) is 0 Å². The fourth-order valence-electron chi connectivity index (χ4n) is 2.19. The summed E-state index contributed by atoms with van der Waals surface area (Å²) in [6.07, 6.45) is 0. The van der Waals surface area contributed by atoms with Crippen molar-refractivity contribution in [2.24, 2.45) is 0 Å². The van der Waals surface area contributed by atoms with Crippen molar-refractivity contribution in [1.82, 2.24) is 0 Å². The third-order valence-corrected chi connectivity index (χ3v) is 3.15. The maximum atomic E-state index is 13.6. The highest BCUT2D eigenvalue weighted by Gasteiger charge is 2.27. The van der Waals surface area contributed by atoms with Crippen LogP contribution in [0.1, 0.15) is 28.4 Å². The smallest absolute Gasteiger partial charge is 0.271 e. The molecule has 0 aromatic heterocycles. The van der Waals surface area contributed by atoms with Crippen LogP contribution in [0.5, 0.6) is 0 Å². The molecule has 2 rings (SSSR count). The van der Waals surface area contributed by atoms with E-state index in [1.54, 1.807) is 25.1 Å². The Balaban J connectivity index is 2.61. The lowest BCUT2D eigenvalue weighted by molar-refractivity contribution is -0.255. The molecule has 0 fully saturated rings. The van der Waals surface area contributed by atoms with Crippen LogP contribution in [-0.4, -0.2) is 5.97 Å². The zero-order chi connectivity index (χ0) is 14.9. The first-order valence-electron chi connectivity index (χ1n) is 6.10. The first-order chi connectivity index (χ1) is 9.30. The topological polar surface area (TPSA) is 40.1 Å². The number of aryl methyl sites for hydroxylation is 1. The summed E-state index contributed by atoms with van der Waals surface area (Å²) in [4.78, 5) is 10.8. The third kappa shape index (κ3) is 2.69. The van der Waals surface area contributed by atoms with Crippen molar-refractivity contribution in [1.29, 1.82) is 0 Å². The number of benzene rings is 2. The summed E-state index contributed by atoms with van der Waals surface area (Å²) >= 11 is 0. The number of carbonyl (C=O) groups excluding carboxylic acids is 1. The summed E-state index contributed by atoms with van der Waals surface area (Å²) in [5.74, 6) is -4.25. The molecule has 0 N–H and O–H groups in total. The molecular weight excluding hydrogens is 262 g/mol. The lowest BCUT2D eigenvalue weighted by atomic mass is 9.92. The summed E-state index contributed by atoms with van der Waals surface area (Å²) in [6, 6.07) is 10.5. The van der Waals surface area contributed by atoms with E-state index in [-0.39, 0.29) is 11.1 Å². The largest absolute Gasteiger partial charge is 0.545 e. The van der Waals surface area contributed by atoms with Gasteiger partial charge in [0.1, 0.15) is 0 Å². The number of carbonyl (C=O) groups is 1. The van der Waals surface area contributed by atoms with Gasteiger partial charge in [-0.1, -0.05) is 36.4 Å². The average molecular weight is 275 g/mol. The van der Waals surface area contributed by atoms with Crippen LogP contribution in [0.25, 0.3) is 11.1 Å². The molecule has 2 aromatic carbocycles. The number of rotatable bonds is 3. The number of alkyl halides is 2. The molecule has 0 amide bonds. The van der Waals surface area contributed by atoms with Crippen molar-refractivity contribution in [3.63, 3.8) is 0 Å². The molecule has 0 spiro atoms. The Bertz CT molecular complexity index is 658. The van der Waals surface area contributed by atoms with Gasteiger partial charge >= 0.3 is 0 Å². The van der Waals surface area contributed by atoms with E-state index in [0.717, 1.165) is 6.92 Å². The van der Waals surface area contributed by atoms with E-state index >= 15 is 0 Å². The molecule has 104 valence electrons. The Morgan fingerprint density at radius 2 is 1.75 bits per heavy atom. The van der Waals surface area contributed by atoms with E-state index in [2.05, 4.69) is 0 Å². The molecule has 0 saturated heterocycles. The maximum absolute atomic E-state index is 13.6. The van der Waals surface area contributed by atoms with Crippen LogP contribution in [0.4, 0.5) is 8.78 Å². The summed E-state index contributed by atoms with van der Waals surface area (Å²) in [5.41, 5.74) is 1.56. The Morgan fingerprint density at radius 3 is 2.30 bits per heavy atom. The lowest BCUT2D eigenvalue weighted by Gasteiger charge is -2.17. The maximum Gasteiger partial charge on any atom is 0.271 e. The summed E-state index contributed by atoms with van der Waals surface area (Å²) in [7, 11) is 0. The number of halogens is 2. The second-order valence-corrected chi connectivity index (χ2v) is 4.75. The monoisotopic (exact) mass is 275 g/mol. The molecule has 0 saturated carbocycles. The van der Waals surface area contributed by atoms with Gasteiger partial charge in [0.2, 0.25) is 0 Å². The molecule has 0 atom stereocenters. The molecule has 0 heterocycles. The quantitative estimate of drug-likeness (QED) is 0.863. The van der Waals surface area contributed by atoms with E-state index < -0.39 is 11.9 Å². The van der Waals surface area contributed by atoms with Crippen molar-refractivity contribution in [3.05, 3.63) is 59.2 Å². The highest BCUT2D eigenvalue weighted by atomic mass is 19.3. The van der Waals surface area contributed by atoms with Crippen LogP contribution in [0, 0.1) is 6.92 Å². The predicted molar refractivity (Wildman–Crippen MR) is 70.5 cm³/mol. The van der Waals surface area contributed by atoms with Crippen molar-refractivity contribution in [2.45, 2.75) is 19.8 Å². The van der Waals surface area contributed by atoms with Gasteiger partial charge in [0.05, 0.1) is 5.97 Å². The molecular formula is C16H13F2O2-. The molecule has 2 aromatic rings. The Hall–Kier alpha value is -2.23. The van der Waals surface area contributed by atoms with Gasteiger partial charge in [-0.25, -0.2) is 8.78 Å². The SMILES string of the molecule is Cc1cc(C(=O)[O-])ccc1-c1ccccc1C(C)(F)F. The second-order valence-electron chi connectivity index (χ2n) is 4.75. The lowest BCUT2D eigenvalue weighted by Crippen LogP contribution is -2.22. The Kier molecular flexibility index (Phi) is 3.57. The van der Waals surface area contributed by atoms with Crippen LogP contribution in [-0.2, 0) is 5.92 Å². The first kappa shape index (κ1) is 14.2. The molecule has 0 unspecified atom stereocenters. The van der Waals surface area contributed by atoms with Gasteiger partial charge in [-0.2, -0.15) is 0 Å². The molecule has 4 heteroatoms. The average Bonchev–Trinajstić information content (AvgIpc) is 2.37. The summed E-state index contributed by atoms with van der Waals surface area (Å²) in [6.45, 7) is 2.53. The Morgan fingerprint density at radius 1 is 1.10 bits per heavy atom. The highest BCUT2D eigenvalue weighted by molar-refractivity contribution is 5.87. The minimum absolute atomic E-state index is 0.0342. The zero-order valence-corrected chi connectivity index (χ0v) is 11.1. The predicted octanol–water partition coefficient (Wildman–Crippen LogP) is 3.14. The van der Waals surface area contributed by atoms with Crippen molar-refractivity contribution in [2.75, 3.05) is 0 Å². The van der Waals surface area contributed by atoms with Gasteiger partial charge in [-0.05, 0) is 35.2 Å². The summed E-state index contributed by atoms with van der Waals surface area (Å²) in [5, 5.41) is 10.8. The second kappa shape index (κ2) is 5.04. The fraction of sp³-hybridized carbons (Fsp3) is 0.188. The van der Waals surface area contributed by atoms with Crippen LogP contribution in [0.3, 0.4) is 0 Å². The molecule has 0 aliphatic carbocycles. The normalized spacial score (nSPS) is 11.4. The molecule has 0 aliphatic heterocycles. The first-order valence-corrected chi connectivity index (χ1v) is 6.10. The molecule has 0 bridgehead atoms. The minimum Gasteiger partial charge on any atom is -0.545 e. The number of hydrogen-bond acceptors (Lipinski definition) is 2. The van der Waals surface area contributed by atoms with Gasteiger partial charge in [0.25, 0.3) is 5.92 Å². The van der Waals surface area contributed by atoms with Crippen LogP contribution in [0.15, 0.2) is 42.5 Å². The number of carboxylic acids is 1. The number of carboxylic acid groups (broad SMARTS) is 1. The molecule has 0 aliphatic rings. The zero-order valence-electron chi connectivity index (χ0n) is 11.1. The van der Waals surface area contributed by atoms with Crippen molar-refractivity contribution in [3.8, 4) is 11.1 Å². The highest BCUT2D eigenvalue weighted by Crippen LogP contribution is 2.36. The van der Waals surface area contributed by atoms with Gasteiger partial charge < -0.3 is 9.90 Å². The van der Waals surface area contributed by atoms with E-state index in [1.807, 2.05) is 0 Å². The van der Waals surface area contributed by atoms with Gasteiger partial charge in [0.15, 0.2) is 0 Å². The molecule has 0 radical (unpaired) electrons. The van der Waals surface area contributed by atoms with E-state index in [1.165, 1.54) is 24.3 Å². The van der Waals surface area contributed by atoms with Crippen LogP contribution >= 0.6 is 0 Å². The fourth-order valence-corrected chi connectivity index (χ4v) is 2.19. The van der Waals surface area contributed by atoms with Gasteiger partial charge in [-0.3, -0.25) is 0 Å². The van der Waals surface area contributed by atoms with E-state index in [4.69, 9.17) is 0 Å². The standard InChI is InChI=1S/C16H14F2O2/c1-10-9-11(15(19)20)7-8-12(10)13-5-3-4-6-14(13)16(2,17)18/h3-9H,1-2H3,(H,19,20)/p-1. The van der Waals surface area contributed by atoms with Gasteiger partial charge in [0, 0.05) is 12.5 Å². The number of hydrogen-bond donors (Lipinski definition) is 0. The van der Waals surface area contributed by atoms with Crippen LogP contribution < -0.4 is 5.11 Å². The summed E-state index contributed by atoms with van der Waals surface area (Å²) < 4.78 is 27.3. The Labute approximate surface area is 115 Å². The van der Waals surface area contributed by atoms with Crippen molar-refractivity contribution < 1.29 is 18.7 Å². The third-order valence-electron chi connectivity index (χ3n) is 3.15. The minimum atomic E-state index is -2.96.